The van der Waals surface area contributed by atoms with E-state index in [2.05, 4.69) is 29.5 Å². The van der Waals surface area contributed by atoms with Gasteiger partial charge >= 0.3 is 6.03 Å². The minimum Gasteiger partial charge on any atom is -0.493 e. The van der Waals surface area contributed by atoms with Crippen molar-refractivity contribution in [2.75, 3.05) is 14.2 Å². The van der Waals surface area contributed by atoms with E-state index in [1.54, 1.807) is 14.2 Å². The summed E-state index contributed by atoms with van der Waals surface area (Å²) in [5, 5.41) is 5.98. The molecule has 29 heavy (non-hydrogen) atoms. The average Bonchev–Trinajstić information content (AvgIpc) is 3.05. The molecular formula is C22H28N4O3. The molecule has 3 aromatic rings. The Morgan fingerprint density at radius 2 is 1.83 bits per heavy atom. The summed E-state index contributed by atoms with van der Waals surface area (Å²) in [7, 11) is 5.15. The van der Waals surface area contributed by atoms with Crippen LogP contribution in [0.4, 0.5) is 4.79 Å². The van der Waals surface area contributed by atoms with Gasteiger partial charge in [-0.15, -0.1) is 0 Å². The van der Waals surface area contributed by atoms with E-state index in [0.717, 1.165) is 22.4 Å². The molecule has 0 bridgehead atoms. The van der Waals surface area contributed by atoms with Crippen LogP contribution in [0.15, 0.2) is 42.5 Å². The number of carbonyl (C=O) groups is 1. The summed E-state index contributed by atoms with van der Waals surface area (Å²) in [5.41, 5.74) is 2.91. The van der Waals surface area contributed by atoms with Gasteiger partial charge in [-0.25, -0.2) is 9.78 Å². The van der Waals surface area contributed by atoms with E-state index in [1.807, 2.05) is 54.1 Å². The predicted molar refractivity (Wildman–Crippen MR) is 113 cm³/mol. The van der Waals surface area contributed by atoms with Gasteiger partial charge in [0.05, 0.1) is 37.8 Å². The van der Waals surface area contributed by atoms with Crippen LogP contribution >= 0.6 is 0 Å². The van der Waals surface area contributed by atoms with Crippen molar-refractivity contribution in [3.63, 3.8) is 0 Å². The molecule has 1 atom stereocenters. The van der Waals surface area contributed by atoms with Crippen molar-refractivity contribution in [1.82, 2.24) is 20.2 Å². The molecule has 0 aliphatic carbocycles. The van der Waals surface area contributed by atoms with Crippen molar-refractivity contribution in [2.24, 2.45) is 13.0 Å². The predicted octanol–water partition coefficient (Wildman–Crippen LogP) is 3.79. The first kappa shape index (κ1) is 20.5. The first-order valence-corrected chi connectivity index (χ1v) is 9.61. The fourth-order valence-corrected chi connectivity index (χ4v) is 3.39. The molecule has 0 radical (unpaired) electrons. The minimum atomic E-state index is -0.245. The number of aryl methyl sites for hydroxylation is 1. The van der Waals surface area contributed by atoms with E-state index < -0.39 is 0 Å². The van der Waals surface area contributed by atoms with Crippen LogP contribution < -0.4 is 20.1 Å². The van der Waals surface area contributed by atoms with Crippen LogP contribution in [0.1, 0.15) is 31.3 Å². The monoisotopic (exact) mass is 396 g/mol. The summed E-state index contributed by atoms with van der Waals surface area (Å²) in [4.78, 5) is 17.2. The fraction of sp³-hybridized carbons (Fsp3) is 0.364. The molecule has 0 saturated carbocycles. The molecule has 1 aromatic heterocycles. The molecule has 3 rings (SSSR count). The van der Waals surface area contributed by atoms with Crippen molar-refractivity contribution in [1.29, 1.82) is 0 Å². The smallest absolute Gasteiger partial charge is 0.315 e. The average molecular weight is 396 g/mol. The molecule has 7 heteroatoms. The quantitative estimate of drug-likeness (QED) is 0.637. The lowest BCUT2D eigenvalue weighted by atomic mass is 9.96. The number of rotatable bonds is 7. The highest BCUT2D eigenvalue weighted by atomic mass is 16.5. The van der Waals surface area contributed by atoms with Crippen molar-refractivity contribution in [3.8, 4) is 11.5 Å². The van der Waals surface area contributed by atoms with Gasteiger partial charge in [0.2, 0.25) is 0 Å². The fourth-order valence-electron chi connectivity index (χ4n) is 3.39. The number of hydrogen-bond donors (Lipinski definition) is 2. The third-order valence-electron chi connectivity index (χ3n) is 5.01. The lowest BCUT2D eigenvalue weighted by Gasteiger charge is -2.24. The Labute approximate surface area is 171 Å². The number of imidazole rings is 1. The van der Waals surface area contributed by atoms with Crippen molar-refractivity contribution in [2.45, 2.75) is 26.4 Å². The highest BCUT2D eigenvalue weighted by Gasteiger charge is 2.20. The van der Waals surface area contributed by atoms with Gasteiger partial charge in [-0.05, 0) is 35.7 Å². The van der Waals surface area contributed by atoms with Crippen LogP contribution in [-0.2, 0) is 13.6 Å². The molecule has 7 nitrogen and oxygen atoms in total. The van der Waals surface area contributed by atoms with E-state index in [-0.39, 0.29) is 18.0 Å². The number of ether oxygens (including phenoxy) is 2. The second-order valence-corrected chi connectivity index (χ2v) is 7.24. The second kappa shape index (κ2) is 8.86. The van der Waals surface area contributed by atoms with Crippen molar-refractivity contribution in [3.05, 3.63) is 53.9 Å². The first-order valence-electron chi connectivity index (χ1n) is 9.61. The Hall–Kier alpha value is -3.22. The van der Waals surface area contributed by atoms with Gasteiger partial charge in [0.1, 0.15) is 5.82 Å². The molecule has 2 amide bonds. The zero-order chi connectivity index (χ0) is 21.0. The number of para-hydroxylation sites is 2. The van der Waals surface area contributed by atoms with Crippen LogP contribution in [0, 0.1) is 5.92 Å². The maximum Gasteiger partial charge on any atom is 0.315 e. The highest BCUT2D eigenvalue weighted by Crippen LogP contribution is 2.32. The first-order chi connectivity index (χ1) is 13.9. The van der Waals surface area contributed by atoms with E-state index in [4.69, 9.17) is 9.47 Å². The third kappa shape index (κ3) is 4.45. The lowest BCUT2D eigenvalue weighted by molar-refractivity contribution is 0.232. The summed E-state index contributed by atoms with van der Waals surface area (Å²) in [5.74, 6) is 2.28. The maximum absolute atomic E-state index is 12.6. The van der Waals surface area contributed by atoms with E-state index in [0.29, 0.717) is 18.0 Å². The number of nitrogens with one attached hydrogen (secondary N) is 2. The van der Waals surface area contributed by atoms with E-state index in [9.17, 15) is 4.79 Å². The molecule has 1 heterocycles. The number of carbonyl (C=O) groups excluding carboxylic acids is 1. The zero-order valence-corrected chi connectivity index (χ0v) is 17.5. The van der Waals surface area contributed by atoms with Crippen molar-refractivity contribution >= 4 is 17.1 Å². The number of hydrogen-bond acceptors (Lipinski definition) is 4. The number of methoxy groups -OCH3 is 2. The van der Waals surface area contributed by atoms with Crippen LogP contribution in [0.25, 0.3) is 11.0 Å². The largest absolute Gasteiger partial charge is 0.493 e. The Bertz CT molecular complexity index is 997. The van der Waals surface area contributed by atoms with Gasteiger partial charge in [-0.1, -0.05) is 32.0 Å². The summed E-state index contributed by atoms with van der Waals surface area (Å²) in [6.45, 7) is 4.47. The number of urea groups is 1. The van der Waals surface area contributed by atoms with Gasteiger partial charge in [0.15, 0.2) is 11.5 Å². The number of aromatic nitrogens is 2. The summed E-state index contributed by atoms with van der Waals surface area (Å²) < 4.78 is 12.7. The van der Waals surface area contributed by atoms with E-state index in [1.165, 1.54) is 0 Å². The Morgan fingerprint density at radius 1 is 1.10 bits per heavy atom. The number of benzene rings is 2. The minimum absolute atomic E-state index is 0.171. The SMILES string of the molecule is COc1ccc(C(NC(=O)NCc2nc3ccccc3n2C)C(C)C)cc1OC. The Kier molecular flexibility index (Phi) is 6.26. The number of fused-ring (bicyclic) bond motifs is 1. The molecule has 0 saturated heterocycles. The molecule has 1 unspecified atom stereocenters. The summed E-state index contributed by atoms with van der Waals surface area (Å²) in [6.07, 6.45) is 0. The molecule has 0 aliphatic heterocycles. The normalized spacial score (nSPS) is 12.1. The van der Waals surface area contributed by atoms with Gasteiger partial charge < -0.3 is 24.7 Å². The second-order valence-electron chi connectivity index (χ2n) is 7.24. The molecule has 2 aromatic carbocycles. The topological polar surface area (TPSA) is 77.4 Å². The summed E-state index contributed by atoms with van der Waals surface area (Å²) in [6, 6.07) is 13.2. The number of amides is 2. The summed E-state index contributed by atoms with van der Waals surface area (Å²) >= 11 is 0. The molecule has 0 fully saturated rings. The zero-order valence-electron chi connectivity index (χ0n) is 17.5. The van der Waals surface area contributed by atoms with Gasteiger partial charge in [0, 0.05) is 7.05 Å². The molecular weight excluding hydrogens is 368 g/mol. The molecule has 154 valence electrons. The van der Waals surface area contributed by atoms with Crippen LogP contribution in [0.3, 0.4) is 0 Å². The van der Waals surface area contributed by atoms with Crippen LogP contribution in [-0.4, -0.2) is 29.8 Å². The van der Waals surface area contributed by atoms with Crippen LogP contribution in [0.5, 0.6) is 11.5 Å². The van der Waals surface area contributed by atoms with Gasteiger partial charge in [0.25, 0.3) is 0 Å². The van der Waals surface area contributed by atoms with Gasteiger partial charge in [-0.2, -0.15) is 0 Å². The third-order valence-corrected chi connectivity index (χ3v) is 5.01. The Morgan fingerprint density at radius 3 is 2.48 bits per heavy atom. The molecule has 0 spiro atoms. The highest BCUT2D eigenvalue weighted by molar-refractivity contribution is 5.77. The molecule has 0 aliphatic rings. The van der Waals surface area contributed by atoms with Crippen LogP contribution in [0.2, 0.25) is 0 Å². The maximum atomic E-state index is 12.6. The van der Waals surface area contributed by atoms with E-state index >= 15 is 0 Å². The standard InChI is InChI=1S/C22H28N4O3/c1-14(2)21(15-10-11-18(28-4)19(12-15)29-5)25-22(27)23-13-20-24-16-8-6-7-9-17(16)26(20)3/h6-12,14,21H,13H2,1-5H3,(H2,23,25,27). The molecule has 2 N–H and O–H groups in total. The number of nitrogens with zero attached hydrogens (tertiary/aromatic N) is 2. The van der Waals surface area contributed by atoms with Crippen molar-refractivity contribution < 1.29 is 14.3 Å². The lowest BCUT2D eigenvalue weighted by Crippen LogP contribution is -2.39. The van der Waals surface area contributed by atoms with Gasteiger partial charge in [-0.3, -0.25) is 0 Å². The Balaban J connectivity index is 1.70.